The SMILES string of the molecule is [CH2]CN(Cc1ccccc1)C(=S)NC1CCCCC1. The molecule has 19 heavy (non-hydrogen) atoms. The van der Waals surface area contributed by atoms with E-state index >= 15 is 0 Å². The molecule has 0 heterocycles. The predicted octanol–water partition coefficient (Wildman–Crippen LogP) is 3.53. The molecule has 0 atom stereocenters. The maximum Gasteiger partial charge on any atom is 0.169 e. The van der Waals surface area contributed by atoms with Crippen LogP contribution in [0.25, 0.3) is 0 Å². The van der Waals surface area contributed by atoms with Crippen molar-refractivity contribution in [1.29, 1.82) is 0 Å². The Hall–Kier alpha value is -1.09. The quantitative estimate of drug-likeness (QED) is 0.846. The zero-order valence-corrected chi connectivity index (χ0v) is 12.3. The van der Waals surface area contributed by atoms with E-state index in [-0.39, 0.29) is 0 Å². The largest absolute Gasteiger partial charge is 0.360 e. The lowest BCUT2D eigenvalue weighted by molar-refractivity contribution is 0.382. The second-order valence-corrected chi connectivity index (χ2v) is 5.58. The number of hydrogen-bond donors (Lipinski definition) is 1. The lowest BCUT2D eigenvalue weighted by Gasteiger charge is -2.30. The zero-order valence-electron chi connectivity index (χ0n) is 11.5. The van der Waals surface area contributed by atoms with E-state index in [1.165, 1.54) is 37.7 Å². The number of thiocarbonyl (C=S) groups is 1. The van der Waals surface area contributed by atoms with Gasteiger partial charge in [0.25, 0.3) is 0 Å². The Labute approximate surface area is 122 Å². The molecule has 1 fully saturated rings. The molecule has 0 aliphatic heterocycles. The van der Waals surface area contributed by atoms with Gasteiger partial charge in [0.05, 0.1) is 0 Å². The van der Waals surface area contributed by atoms with Gasteiger partial charge in [-0.05, 0) is 37.5 Å². The molecule has 1 N–H and O–H groups in total. The molecule has 0 spiro atoms. The van der Waals surface area contributed by atoms with E-state index in [9.17, 15) is 0 Å². The monoisotopic (exact) mass is 275 g/mol. The van der Waals surface area contributed by atoms with Gasteiger partial charge < -0.3 is 10.2 Å². The molecule has 0 aromatic heterocycles. The lowest BCUT2D eigenvalue weighted by atomic mass is 9.96. The van der Waals surface area contributed by atoms with Crippen molar-refractivity contribution in [1.82, 2.24) is 10.2 Å². The molecule has 1 saturated carbocycles. The average molecular weight is 275 g/mol. The molecular formula is C16H23N2S. The fraction of sp³-hybridized carbons (Fsp3) is 0.500. The third-order valence-electron chi connectivity index (χ3n) is 3.71. The van der Waals surface area contributed by atoms with Crippen LogP contribution >= 0.6 is 12.2 Å². The van der Waals surface area contributed by atoms with E-state index in [1.54, 1.807) is 0 Å². The highest BCUT2D eigenvalue weighted by atomic mass is 32.1. The normalized spacial score (nSPS) is 16.1. The third-order valence-corrected chi connectivity index (χ3v) is 4.08. The van der Waals surface area contributed by atoms with Gasteiger partial charge in [-0.15, -0.1) is 0 Å². The van der Waals surface area contributed by atoms with E-state index in [4.69, 9.17) is 12.2 Å². The molecule has 2 nitrogen and oxygen atoms in total. The second kappa shape index (κ2) is 7.49. The maximum absolute atomic E-state index is 5.53. The summed E-state index contributed by atoms with van der Waals surface area (Å²) in [7, 11) is 0. The number of benzene rings is 1. The molecule has 1 aromatic carbocycles. The van der Waals surface area contributed by atoms with Crippen LogP contribution < -0.4 is 5.32 Å². The maximum atomic E-state index is 5.53. The van der Waals surface area contributed by atoms with Crippen molar-refractivity contribution >= 4 is 17.3 Å². The average Bonchev–Trinajstić information content (AvgIpc) is 2.47. The van der Waals surface area contributed by atoms with Gasteiger partial charge in [0.1, 0.15) is 0 Å². The first kappa shape index (κ1) is 14.3. The summed E-state index contributed by atoms with van der Waals surface area (Å²) in [6.07, 6.45) is 6.51. The van der Waals surface area contributed by atoms with Crippen LogP contribution in [0.15, 0.2) is 30.3 Å². The van der Waals surface area contributed by atoms with Crippen LogP contribution in [0.5, 0.6) is 0 Å². The van der Waals surface area contributed by atoms with E-state index in [2.05, 4.69) is 41.4 Å². The number of nitrogens with one attached hydrogen (secondary N) is 1. The molecule has 1 radical (unpaired) electrons. The van der Waals surface area contributed by atoms with Gasteiger partial charge in [-0.25, -0.2) is 0 Å². The van der Waals surface area contributed by atoms with Gasteiger partial charge in [-0.3, -0.25) is 0 Å². The lowest BCUT2D eigenvalue weighted by Crippen LogP contribution is -2.44. The van der Waals surface area contributed by atoms with E-state index in [0.29, 0.717) is 12.6 Å². The zero-order chi connectivity index (χ0) is 13.5. The summed E-state index contributed by atoms with van der Waals surface area (Å²) >= 11 is 5.53. The summed E-state index contributed by atoms with van der Waals surface area (Å²) in [4.78, 5) is 2.14. The van der Waals surface area contributed by atoms with E-state index in [1.807, 2.05) is 6.07 Å². The van der Waals surface area contributed by atoms with Crippen molar-refractivity contribution in [3.05, 3.63) is 42.8 Å². The Morgan fingerprint density at radius 2 is 1.89 bits per heavy atom. The summed E-state index contributed by atoms with van der Waals surface area (Å²) in [6.45, 7) is 5.53. The van der Waals surface area contributed by atoms with Crippen molar-refractivity contribution in [2.45, 2.75) is 44.7 Å². The molecule has 3 heteroatoms. The van der Waals surface area contributed by atoms with Crippen LogP contribution in [-0.4, -0.2) is 22.6 Å². The Balaban J connectivity index is 1.87. The van der Waals surface area contributed by atoms with Crippen molar-refractivity contribution < 1.29 is 0 Å². The standard InChI is InChI=1S/C16H23N2S/c1-2-18(13-14-9-5-3-6-10-14)16(19)17-15-11-7-4-8-12-15/h3,5-6,9-10,15H,1-2,4,7-8,11-13H2,(H,17,19). The smallest absolute Gasteiger partial charge is 0.169 e. The van der Waals surface area contributed by atoms with E-state index in [0.717, 1.165) is 11.7 Å². The number of hydrogen-bond acceptors (Lipinski definition) is 1. The summed E-state index contributed by atoms with van der Waals surface area (Å²) in [6, 6.07) is 11.0. The van der Waals surface area contributed by atoms with Crippen LogP contribution in [0.2, 0.25) is 0 Å². The summed E-state index contributed by atoms with van der Waals surface area (Å²) in [5.74, 6) is 0. The second-order valence-electron chi connectivity index (χ2n) is 5.19. The van der Waals surface area contributed by atoms with Crippen molar-refractivity contribution in [3.63, 3.8) is 0 Å². The Morgan fingerprint density at radius 1 is 1.21 bits per heavy atom. The summed E-state index contributed by atoms with van der Waals surface area (Å²) in [5, 5.41) is 4.36. The van der Waals surface area contributed by atoms with Gasteiger partial charge in [0.15, 0.2) is 5.11 Å². The predicted molar refractivity (Wildman–Crippen MR) is 84.8 cm³/mol. The molecule has 0 unspecified atom stereocenters. The molecular weight excluding hydrogens is 252 g/mol. The van der Waals surface area contributed by atoms with Gasteiger partial charge in [-0.2, -0.15) is 0 Å². The van der Waals surface area contributed by atoms with Crippen LogP contribution in [0, 0.1) is 6.92 Å². The molecule has 0 amide bonds. The van der Waals surface area contributed by atoms with Gasteiger partial charge in [-0.1, -0.05) is 49.6 Å². The van der Waals surface area contributed by atoms with Crippen LogP contribution in [0.3, 0.4) is 0 Å². The molecule has 1 aliphatic rings. The fourth-order valence-electron chi connectivity index (χ4n) is 2.57. The Morgan fingerprint density at radius 3 is 2.53 bits per heavy atom. The molecule has 1 aliphatic carbocycles. The van der Waals surface area contributed by atoms with Crippen LogP contribution in [0.4, 0.5) is 0 Å². The first-order chi connectivity index (χ1) is 9.29. The number of nitrogens with zero attached hydrogens (tertiary/aromatic N) is 1. The van der Waals surface area contributed by atoms with Gasteiger partial charge in [0, 0.05) is 19.1 Å². The number of rotatable bonds is 4. The van der Waals surface area contributed by atoms with Crippen molar-refractivity contribution in [3.8, 4) is 0 Å². The molecule has 0 bridgehead atoms. The fourth-order valence-corrected chi connectivity index (χ4v) is 2.89. The van der Waals surface area contributed by atoms with Crippen molar-refractivity contribution in [2.24, 2.45) is 0 Å². The highest BCUT2D eigenvalue weighted by molar-refractivity contribution is 7.80. The summed E-state index contributed by atoms with van der Waals surface area (Å²) < 4.78 is 0. The topological polar surface area (TPSA) is 15.3 Å². The Bertz CT molecular complexity index is 385. The first-order valence-corrected chi connectivity index (χ1v) is 7.59. The summed E-state index contributed by atoms with van der Waals surface area (Å²) in [5.41, 5.74) is 1.28. The van der Waals surface area contributed by atoms with Crippen molar-refractivity contribution in [2.75, 3.05) is 6.54 Å². The minimum atomic E-state index is 0.561. The highest BCUT2D eigenvalue weighted by Crippen LogP contribution is 2.17. The first-order valence-electron chi connectivity index (χ1n) is 7.18. The van der Waals surface area contributed by atoms with Crippen LogP contribution in [0.1, 0.15) is 37.7 Å². The minimum absolute atomic E-state index is 0.561. The molecule has 103 valence electrons. The van der Waals surface area contributed by atoms with E-state index < -0.39 is 0 Å². The molecule has 1 aromatic rings. The highest BCUT2D eigenvalue weighted by Gasteiger charge is 2.16. The third kappa shape index (κ3) is 4.50. The van der Waals surface area contributed by atoms with Gasteiger partial charge >= 0.3 is 0 Å². The van der Waals surface area contributed by atoms with Gasteiger partial charge in [0.2, 0.25) is 0 Å². The Kier molecular flexibility index (Phi) is 5.64. The molecule has 2 rings (SSSR count). The molecule has 0 saturated heterocycles. The minimum Gasteiger partial charge on any atom is -0.360 e. The van der Waals surface area contributed by atoms with Crippen LogP contribution in [-0.2, 0) is 6.54 Å².